The van der Waals surface area contributed by atoms with E-state index in [1.54, 1.807) is 32.0 Å². The van der Waals surface area contributed by atoms with Gasteiger partial charge in [0.15, 0.2) is 0 Å². The van der Waals surface area contributed by atoms with Gasteiger partial charge in [0.05, 0.1) is 5.41 Å². The Morgan fingerprint density at radius 1 is 1.22 bits per heavy atom. The van der Waals surface area contributed by atoms with Gasteiger partial charge in [-0.05, 0) is 57.5 Å². The molecule has 0 unspecified atom stereocenters. The molecule has 2 aromatic rings. The number of amides is 1. The lowest BCUT2D eigenvalue weighted by molar-refractivity contribution is -0.144. The molecular weight excluding hydrogens is 421 g/mol. The van der Waals surface area contributed by atoms with Crippen molar-refractivity contribution >= 4 is 5.91 Å². The first-order valence-electron chi connectivity index (χ1n) is 10.6. The van der Waals surface area contributed by atoms with Crippen molar-refractivity contribution < 1.29 is 22.7 Å². The number of carbonyl (C=O) groups excluding carboxylic acids is 1. The van der Waals surface area contributed by atoms with E-state index in [4.69, 9.17) is 4.74 Å². The molecule has 3 heterocycles. The Balaban J connectivity index is 1.76. The number of aromatic nitrogens is 2. The Hall–Kier alpha value is -2.68. The van der Waals surface area contributed by atoms with Crippen LogP contribution in [-0.4, -0.2) is 53.6 Å². The van der Waals surface area contributed by atoms with Crippen LogP contribution in [0.4, 0.5) is 13.2 Å². The largest absolute Gasteiger partial charge is 0.476 e. The van der Waals surface area contributed by atoms with Crippen molar-refractivity contribution in [3.8, 4) is 5.88 Å². The number of nitrogens with zero attached hydrogens (tertiary/aromatic N) is 3. The number of pyridine rings is 2. The highest BCUT2D eigenvalue weighted by Crippen LogP contribution is 2.36. The van der Waals surface area contributed by atoms with Crippen LogP contribution in [0, 0.1) is 12.3 Å². The smallest absolute Gasteiger partial charge is 0.421 e. The average Bonchev–Trinajstić information content (AvgIpc) is 2.76. The molecule has 6 nitrogen and oxygen atoms in total. The summed E-state index contributed by atoms with van der Waals surface area (Å²) in [5.74, 6) is -0.648. The second kappa shape index (κ2) is 9.44. The Morgan fingerprint density at radius 3 is 2.59 bits per heavy atom. The van der Waals surface area contributed by atoms with Gasteiger partial charge in [0.1, 0.15) is 12.2 Å². The van der Waals surface area contributed by atoms with Crippen molar-refractivity contribution in [1.82, 2.24) is 20.2 Å². The van der Waals surface area contributed by atoms with Crippen molar-refractivity contribution in [2.75, 3.05) is 26.7 Å². The standard InChI is InChI=1S/C23H29F3N4O2/c1-15-16(7-5-10-28-15)17-13-27-12-9-19(17)30(4)21(31)22(2,3)14-32-20-18(23(24,25)26)8-6-11-29-20/h5-8,10-11,17,19,27H,9,12-14H2,1-4H3/t17-,19+/m0/s1. The van der Waals surface area contributed by atoms with Gasteiger partial charge in [0.25, 0.3) is 0 Å². The van der Waals surface area contributed by atoms with Crippen molar-refractivity contribution in [3.63, 3.8) is 0 Å². The van der Waals surface area contributed by atoms with Crippen LogP contribution >= 0.6 is 0 Å². The average molecular weight is 451 g/mol. The van der Waals surface area contributed by atoms with Crippen molar-refractivity contribution in [3.05, 3.63) is 53.5 Å². The van der Waals surface area contributed by atoms with E-state index in [0.29, 0.717) is 6.54 Å². The molecule has 0 spiro atoms. The molecule has 3 rings (SSSR count). The molecule has 1 fully saturated rings. The molecular formula is C23H29F3N4O2. The first-order chi connectivity index (χ1) is 15.0. The highest BCUT2D eigenvalue weighted by Gasteiger charge is 2.40. The van der Waals surface area contributed by atoms with Crippen LogP contribution in [0.15, 0.2) is 36.7 Å². The number of carbonyl (C=O) groups is 1. The lowest BCUT2D eigenvalue weighted by atomic mass is 9.83. The number of alkyl halides is 3. The summed E-state index contributed by atoms with van der Waals surface area (Å²) >= 11 is 0. The van der Waals surface area contributed by atoms with Crippen LogP contribution in [0.3, 0.4) is 0 Å². The zero-order valence-electron chi connectivity index (χ0n) is 18.7. The van der Waals surface area contributed by atoms with E-state index in [-0.39, 0.29) is 24.5 Å². The summed E-state index contributed by atoms with van der Waals surface area (Å²) in [4.78, 5) is 23.2. The van der Waals surface area contributed by atoms with Gasteiger partial charge in [-0.15, -0.1) is 0 Å². The van der Waals surface area contributed by atoms with E-state index in [9.17, 15) is 18.0 Å². The minimum Gasteiger partial charge on any atom is -0.476 e. The van der Waals surface area contributed by atoms with E-state index in [2.05, 4.69) is 15.3 Å². The molecule has 1 aliphatic rings. The third-order valence-electron chi connectivity index (χ3n) is 5.94. The van der Waals surface area contributed by atoms with Crippen LogP contribution in [0.1, 0.15) is 43.0 Å². The monoisotopic (exact) mass is 450 g/mol. The van der Waals surface area contributed by atoms with Crippen LogP contribution in [-0.2, 0) is 11.0 Å². The van der Waals surface area contributed by atoms with Gasteiger partial charge in [-0.3, -0.25) is 9.78 Å². The second-order valence-corrected chi connectivity index (χ2v) is 8.79. The fourth-order valence-electron chi connectivity index (χ4n) is 4.17. The minimum absolute atomic E-state index is 0.0634. The highest BCUT2D eigenvalue weighted by molar-refractivity contribution is 5.82. The highest BCUT2D eigenvalue weighted by atomic mass is 19.4. The van der Waals surface area contributed by atoms with E-state index >= 15 is 0 Å². The van der Waals surface area contributed by atoms with Crippen LogP contribution in [0.2, 0.25) is 0 Å². The maximum atomic E-state index is 13.4. The van der Waals surface area contributed by atoms with Gasteiger partial charge < -0.3 is 15.0 Å². The zero-order chi connectivity index (χ0) is 23.5. The van der Waals surface area contributed by atoms with Gasteiger partial charge >= 0.3 is 6.18 Å². The fourth-order valence-corrected chi connectivity index (χ4v) is 4.17. The van der Waals surface area contributed by atoms with Gasteiger partial charge in [-0.2, -0.15) is 13.2 Å². The first-order valence-corrected chi connectivity index (χ1v) is 10.6. The quantitative estimate of drug-likeness (QED) is 0.725. The molecule has 174 valence electrons. The molecule has 1 saturated heterocycles. The van der Waals surface area contributed by atoms with E-state index in [1.165, 1.54) is 12.3 Å². The molecule has 32 heavy (non-hydrogen) atoms. The Bertz CT molecular complexity index is 949. The summed E-state index contributed by atoms with van der Waals surface area (Å²) in [6.07, 6.45) is -0.845. The molecule has 0 aliphatic carbocycles. The molecule has 2 aromatic heterocycles. The topological polar surface area (TPSA) is 67.4 Å². The van der Waals surface area contributed by atoms with Crippen LogP contribution in [0.5, 0.6) is 5.88 Å². The van der Waals surface area contributed by atoms with Gasteiger partial charge in [0.2, 0.25) is 11.8 Å². The van der Waals surface area contributed by atoms with Gasteiger partial charge in [0, 0.05) is 43.6 Å². The first kappa shape index (κ1) is 24.0. The molecule has 0 radical (unpaired) electrons. The lowest BCUT2D eigenvalue weighted by Crippen LogP contribution is -2.53. The zero-order valence-corrected chi connectivity index (χ0v) is 18.7. The van der Waals surface area contributed by atoms with Crippen molar-refractivity contribution in [2.45, 2.75) is 45.3 Å². The summed E-state index contributed by atoms with van der Waals surface area (Å²) in [5.41, 5.74) is 0.00224. The third-order valence-corrected chi connectivity index (χ3v) is 5.94. The predicted octanol–water partition coefficient (Wildman–Crippen LogP) is 3.81. The number of hydrogen-bond acceptors (Lipinski definition) is 5. The molecule has 0 saturated carbocycles. The molecule has 1 N–H and O–H groups in total. The Morgan fingerprint density at radius 2 is 1.91 bits per heavy atom. The van der Waals surface area contributed by atoms with Crippen LogP contribution < -0.4 is 10.1 Å². The lowest BCUT2D eigenvalue weighted by Gasteiger charge is -2.41. The number of piperidine rings is 1. The predicted molar refractivity (Wildman–Crippen MR) is 114 cm³/mol. The number of halogens is 3. The molecule has 1 amide bonds. The Labute approximate surface area is 186 Å². The van der Waals surface area contributed by atoms with Crippen molar-refractivity contribution in [1.29, 1.82) is 0 Å². The third kappa shape index (κ3) is 5.20. The van der Waals surface area contributed by atoms with Gasteiger partial charge in [-0.1, -0.05) is 6.07 Å². The summed E-state index contributed by atoms with van der Waals surface area (Å²) in [6.45, 7) is 6.57. The van der Waals surface area contributed by atoms with Gasteiger partial charge in [-0.25, -0.2) is 4.98 Å². The summed E-state index contributed by atoms with van der Waals surface area (Å²) in [7, 11) is 1.75. The van der Waals surface area contributed by atoms with E-state index < -0.39 is 23.0 Å². The summed E-state index contributed by atoms with van der Waals surface area (Å²) < 4.78 is 45.1. The molecule has 0 aromatic carbocycles. The number of hydrogen-bond donors (Lipinski definition) is 1. The summed E-state index contributed by atoms with van der Waals surface area (Å²) in [6, 6.07) is 5.97. The molecule has 9 heteroatoms. The molecule has 0 bridgehead atoms. The number of likely N-dealkylation sites (N-methyl/N-ethyl adjacent to an activating group) is 1. The van der Waals surface area contributed by atoms with Crippen LogP contribution in [0.25, 0.3) is 0 Å². The fraction of sp³-hybridized carbons (Fsp3) is 0.522. The number of ether oxygens (including phenoxy) is 1. The number of rotatable bonds is 6. The Kier molecular flexibility index (Phi) is 7.07. The maximum absolute atomic E-state index is 13.4. The van der Waals surface area contributed by atoms with Crippen molar-refractivity contribution in [2.24, 2.45) is 5.41 Å². The maximum Gasteiger partial charge on any atom is 0.421 e. The van der Waals surface area contributed by atoms with E-state index in [0.717, 1.165) is 30.3 Å². The van der Waals surface area contributed by atoms with E-state index in [1.807, 2.05) is 19.1 Å². The minimum atomic E-state index is -4.58. The SMILES string of the molecule is Cc1ncccc1[C@@H]1CNCC[C@H]1N(C)C(=O)C(C)(C)COc1ncccc1C(F)(F)F. The number of aryl methyl sites for hydroxylation is 1. The number of nitrogens with one attached hydrogen (secondary N) is 1. The normalized spacial score (nSPS) is 19.5. The molecule has 1 aliphatic heterocycles. The summed E-state index contributed by atoms with van der Waals surface area (Å²) in [5, 5.41) is 3.38. The molecule has 2 atom stereocenters. The second-order valence-electron chi connectivity index (χ2n) is 8.79.